The van der Waals surface area contributed by atoms with E-state index in [1.807, 2.05) is 29.9 Å². The summed E-state index contributed by atoms with van der Waals surface area (Å²) in [6.45, 7) is 8.09. The molecule has 0 atom stereocenters. The van der Waals surface area contributed by atoms with Gasteiger partial charge in [0.05, 0.1) is 17.6 Å². The molecule has 0 spiro atoms. The minimum absolute atomic E-state index is 0.869. The van der Waals surface area contributed by atoms with Crippen molar-refractivity contribution in [1.29, 1.82) is 0 Å². The van der Waals surface area contributed by atoms with Crippen molar-refractivity contribution in [2.75, 3.05) is 6.54 Å². The van der Waals surface area contributed by atoms with Crippen LogP contribution in [0.4, 0.5) is 0 Å². The van der Waals surface area contributed by atoms with Crippen LogP contribution >= 0.6 is 0 Å². The molecule has 4 heteroatoms. The first-order valence-electron chi connectivity index (χ1n) is 5.90. The second-order valence-corrected chi connectivity index (χ2v) is 4.05. The summed E-state index contributed by atoms with van der Waals surface area (Å²) in [6.07, 6.45) is 3.60. The Kier molecular flexibility index (Phi) is 3.54. The van der Waals surface area contributed by atoms with E-state index in [0.717, 1.165) is 24.5 Å². The fraction of sp³-hybridized carbons (Fsp3) is 0.385. The maximum absolute atomic E-state index is 4.57. The summed E-state index contributed by atoms with van der Waals surface area (Å²) in [6, 6.07) is 3.94. The van der Waals surface area contributed by atoms with E-state index in [-0.39, 0.29) is 0 Å². The van der Waals surface area contributed by atoms with Crippen LogP contribution in [0.5, 0.6) is 0 Å². The SMILES string of the molecule is CCNCc1c(C)nn(-c2cccnc2)c1C. The van der Waals surface area contributed by atoms with Gasteiger partial charge in [0, 0.05) is 24.0 Å². The van der Waals surface area contributed by atoms with Crippen molar-refractivity contribution in [2.45, 2.75) is 27.3 Å². The Morgan fingerprint density at radius 1 is 1.35 bits per heavy atom. The van der Waals surface area contributed by atoms with Crippen LogP contribution in [0, 0.1) is 13.8 Å². The highest BCUT2D eigenvalue weighted by Crippen LogP contribution is 2.16. The molecule has 0 saturated carbocycles. The number of nitrogens with one attached hydrogen (secondary N) is 1. The number of nitrogens with zero attached hydrogens (tertiary/aromatic N) is 3. The van der Waals surface area contributed by atoms with Gasteiger partial charge in [-0.05, 0) is 32.5 Å². The summed E-state index contributed by atoms with van der Waals surface area (Å²) in [7, 11) is 0. The van der Waals surface area contributed by atoms with E-state index in [0.29, 0.717) is 0 Å². The molecular formula is C13H18N4. The third kappa shape index (κ3) is 2.36. The molecule has 0 aliphatic carbocycles. The van der Waals surface area contributed by atoms with Crippen LogP contribution in [-0.2, 0) is 6.54 Å². The van der Waals surface area contributed by atoms with Gasteiger partial charge in [-0.25, -0.2) is 4.68 Å². The van der Waals surface area contributed by atoms with Crippen molar-refractivity contribution in [2.24, 2.45) is 0 Å². The lowest BCUT2D eigenvalue weighted by molar-refractivity contribution is 0.719. The van der Waals surface area contributed by atoms with Gasteiger partial charge in [-0.15, -0.1) is 0 Å². The fourth-order valence-corrected chi connectivity index (χ4v) is 1.91. The molecular weight excluding hydrogens is 212 g/mol. The molecule has 0 radical (unpaired) electrons. The van der Waals surface area contributed by atoms with E-state index in [2.05, 4.69) is 29.2 Å². The first kappa shape index (κ1) is 11.8. The molecule has 0 unspecified atom stereocenters. The van der Waals surface area contributed by atoms with Crippen molar-refractivity contribution in [3.8, 4) is 5.69 Å². The maximum Gasteiger partial charge on any atom is 0.0832 e. The smallest absolute Gasteiger partial charge is 0.0832 e. The van der Waals surface area contributed by atoms with E-state index < -0.39 is 0 Å². The van der Waals surface area contributed by atoms with Crippen molar-refractivity contribution < 1.29 is 0 Å². The quantitative estimate of drug-likeness (QED) is 0.873. The van der Waals surface area contributed by atoms with Crippen LogP contribution in [-0.4, -0.2) is 21.3 Å². The van der Waals surface area contributed by atoms with Gasteiger partial charge < -0.3 is 5.32 Å². The Morgan fingerprint density at radius 3 is 2.82 bits per heavy atom. The van der Waals surface area contributed by atoms with Crippen LogP contribution in [0.25, 0.3) is 5.69 Å². The third-order valence-electron chi connectivity index (χ3n) is 2.88. The number of pyridine rings is 1. The van der Waals surface area contributed by atoms with Crippen LogP contribution in [0.3, 0.4) is 0 Å². The molecule has 0 saturated heterocycles. The van der Waals surface area contributed by atoms with Gasteiger partial charge in [0.2, 0.25) is 0 Å². The summed E-state index contributed by atoms with van der Waals surface area (Å²) in [5.74, 6) is 0. The Hall–Kier alpha value is -1.68. The Labute approximate surface area is 102 Å². The van der Waals surface area contributed by atoms with Gasteiger partial charge in [0.1, 0.15) is 0 Å². The van der Waals surface area contributed by atoms with Crippen molar-refractivity contribution in [3.05, 3.63) is 41.5 Å². The lowest BCUT2D eigenvalue weighted by Gasteiger charge is -2.05. The van der Waals surface area contributed by atoms with Crippen molar-refractivity contribution >= 4 is 0 Å². The second-order valence-electron chi connectivity index (χ2n) is 4.05. The summed E-state index contributed by atoms with van der Waals surface area (Å²) in [5.41, 5.74) is 4.54. The van der Waals surface area contributed by atoms with Crippen LogP contribution < -0.4 is 5.32 Å². The molecule has 2 aromatic heterocycles. The zero-order valence-corrected chi connectivity index (χ0v) is 10.6. The molecule has 2 heterocycles. The van der Waals surface area contributed by atoms with Gasteiger partial charge >= 0.3 is 0 Å². The van der Waals surface area contributed by atoms with Gasteiger partial charge in [0.15, 0.2) is 0 Å². The molecule has 0 aliphatic heterocycles. The van der Waals surface area contributed by atoms with Gasteiger partial charge in [-0.2, -0.15) is 5.10 Å². The average molecular weight is 230 g/mol. The summed E-state index contributed by atoms with van der Waals surface area (Å²) < 4.78 is 1.95. The zero-order chi connectivity index (χ0) is 12.3. The standard InChI is InChI=1S/C13H18N4/c1-4-14-9-13-10(2)16-17(11(13)3)12-6-5-7-15-8-12/h5-8,14H,4,9H2,1-3H3. The first-order chi connectivity index (χ1) is 8.24. The number of hydrogen-bond donors (Lipinski definition) is 1. The van der Waals surface area contributed by atoms with E-state index in [9.17, 15) is 0 Å². The summed E-state index contributed by atoms with van der Waals surface area (Å²) >= 11 is 0. The number of aromatic nitrogens is 3. The van der Waals surface area contributed by atoms with E-state index in [1.165, 1.54) is 11.3 Å². The minimum atomic E-state index is 0.869. The highest BCUT2D eigenvalue weighted by atomic mass is 15.3. The van der Waals surface area contributed by atoms with E-state index in [4.69, 9.17) is 0 Å². The van der Waals surface area contributed by atoms with Crippen LogP contribution in [0.2, 0.25) is 0 Å². The maximum atomic E-state index is 4.57. The highest BCUT2D eigenvalue weighted by molar-refractivity contribution is 5.34. The molecule has 1 N–H and O–H groups in total. The van der Waals surface area contributed by atoms with Gasteiger partial charge in [-0.3, -0.25) is 4.98 Å². The molecule has 0 aromatic carbocycles. The predicted molar refractivity (Wildman–Crippen MR) is 68.2 cm³/mol. The number of aryl methyl sites for hydroxylation is 1. The largest absolute Gasteiger partial charge is 0.313 e. The molecule has 90 valence electrons. The van der Waals surface area contributed by atoms with E-state index >= 15 is 0 Å². The van der Waals surface area contributed by atoms with Gasteiger partial charge in [-0.1, -0.05) is 6.92 Å². The van der Waals surface area contributed by atoms with Crippen molar-refractivity contribution in [3.63, 3.8) is 0 Å². The molecule has 0 bridgehead atoms. The van der Waals surface area contributed by atoms with Crippen LogP contribution in [0.1, 0.15) is 23.9 Å². The first-order valence-corrected chi connectivity index (χ1v) is 5.90. The Bertz CT molecular complexity index is 488. The minimum Gasteiger partial charge on any atom is -0.313 e. The molecule has 2 rings (SSSR count). The molecule has 17 heavy (non-hydrogen) atoms. The molecule has 4 nitrogen and oxygen atoms in total. The molecule has 0 aliphatic rings. The fourth-order valence-electron chi connectivity index (χ4n) is 1.91. The van der Waals surface area contributed by atoms with E-state index in [1.54, 1.807) is 6.20 Å². The number of hydrogen-bond acceptors (Lipinski definition) is 3. The van der Waals surface area contributed by atoms with Crippen LogP contribution in [0.15, 0.2) is 24.5 Å². The Morgan fingerprint density at radius 2 is 2.18 bits per heavy atom. The molecule has 0 fully saturated rings. The summed E-state index contributed by atoms with van der Waals surface area (Å²) in [4.78, 5) is 4.13. The number of rotatable bonds is 4. The monoisotopic (exact) mass is 230 g/mol. The molecule has 2 aromatic rings. The third-order valence-corrected chi connectivity index (χ3v) is 2.88. The lowest BCUT2D eigenvalue weighted by atomic mass is 10.2. The average Bonchev–Trinajstić information content (AvgIpc) is 2.64. The highest BCUT2D eigenvalue weighted by Gasteiger charge is 2.11. The summed E-state index contributed by atoms with van der Waals surface area (Å²) in [5, 5.41) is 7.91. The van der Waals surface area contributed by atoms with Gasteiger partial charge in [0.25, 0.3) is 0 Å². The predicted octanol–water partition coefficient (Wildman–Crippen LogP) is 1.99. The van der Waals surface area contributed by atoms with Crippen molar-refractivity contribution in [1.82, 2.24) is 20.1 Å². The molecule has 0 amide bonds. The normalized spacial score (nSPS) is 10.8. The topological polar surface area (TPSA) is 42.7 Å². The zero-order valence-electron chi connectivity index (χ0n) is 10.6. The lowest BCUT2D eigenvalue weighted by Crippen LogP contribution is -2.13. The second kappa shape index (κ2) is 5.10. The Balaban J connectivity index is 2.37.